The van der Waals surface area contributed by atoms with Crippen LogP contribution in [-0.4, -0.2) is 18.5 Å². The molecule has 0 unspecified atom stereocenters. The number of esters is 1. The van der Waals surface area contributed by atoms with Crippen LogP contribution in [0.15, 0.2) is 47.8 Å². The lowest BCUT2D eigenvalue weighted by Gasteiger charge is -2.13. The van der Waals surface area contributed by atoms with Crippen LogP contribution in [0.5, 0.6) is 0 Å². The van der Waals surface area contributed by atoms with Crippen molar-refractivity contribution in [2.24, 2.45) is 0 Å². The van der Waals surface area contributed by atoms with Gasteiger partial charge in [0.2, 0.25) is 0 Å². The molecule has 0 aliphatic rings. The highest BCUT2D eigenvalue weighted by Gasteiger charge is 2.35. The van der Waals surface area contributed by atoms with E-state index in [2.05, 4.69) is 5.32 Å². The third-order valence-electron chi connectivity index (χ3n) is 4.65. The molecule has 0 aliphatic carbocycles. The van der Waals surface area contributed by atoms with Crippen LogP contribution in [-0.2, 0) is 10.9 Å². The Hall–Kier alpha value is -3.13. The molecule has 31 heavy (non-hydrogen) atoms. The average molecular weight is 447 g/mol. The first kappa shape index (κ1) is 22.6. The van der Waals surface area contributed by atoms with E-state index in [9.17, 15) is 22.8 Å². The maximum atomic E-state index is 13.3. The summed E-state index contributed by atoms with van der Waals surface area (Å²) in [6.45, 7) is 5.61. The zero-order chi connectivity index (χ0) is 22.8. The molecule has 3 rings (SSSR count). The molecule has 2 aromatic carbocycles. The van der Waals surface area contributed by atoms with Crippen LogP contribution >= 0.6 is 11.3 Å². The summed E-state index contributed by atoms with van der Waals surface area (Å²) >= 11 is 1.06. The van der Waals surface area contributed by atoms with Gasteiger partial charge in [-0.25, -0.2) is 4.79 Å². The predicted octanol–water partition coefficient (Wildman–Crippen LogP) is 6.48. The van der Waals surface area contributed by atoms with Crippen LogP contribution in [0.1, 0.15) is 44.3 Å². The van der Waals surface area contributed by atoms with Gasteiger partial charge >= 0.3 is 12.1 Å². The number of halogens is 3. The molecule has 1 aromatic heterocycles. The van der Waals surface area contributed by atoms with Crippen LogP contribution in [0.25, 0.3) is 11.1 Å². The number of anilines is 1. The molecule has 1 N–H and O–H groups in total. The fraction of sp³-hybridized carbons (Fsp3) is 0.217. The average Bonchev–Trinajstić information content (AvgIpc) is 3.10. The van der Waals surface area contributed by atoms with Crippen LogP contribution in [0, 0.1) is 13.8 Å². The van der Waals surface area contributed by atoms with Gasteiger partial charge in [0, 0.05) is 10.9 Å². The molecule has 0 bridgehead atoms. The zero-order valence-electron chi connectivity index (χ0n) is 17.1. The topological polar surface area (TPSA) is 55.4 Å². The number of alkyl halides is 3. The predicted molar refractivity (Wildman–Crippen MR) is 115 cm³/mol. The molecule has 162 valence electrons. The number of rotatable bonds is 5. The molecule has 1 amide bonds. The third kappa shape index (κ3) is 4.80. The molecule has 1 heterocycles. The molecule has 3 aromatic rings. The summed E-state index contributed by atoms with van der Waals surface area (Å²) in [7, 11) is 0. The number of carbonyl (C=O) groups excluding carboxylic acids is 2. The van der Waals surface area contributed by atoms with E-state index in [1.165, 1.54) is 12.1 Å². The maximum Gasteiger partial charge on any atom is 0.417 e. The second-order valence-electron chi connectivity index (χ2n) is 6.89. The lowest BCUT2D eigenvalue weighted by atomic mass is 9.97. The first-order chi connectivity index (χ1) is 14.6. The summed E-state index contributed by atoms with van der Waals surface area (Å²) in [6, 6.07) is 10.2. The number of thiophene rings is 1. The zero-order valence-corrected chi connectivity index (χ0v) is 17.9. The summed E-state index contributed by atoms with van der Waals surface area (Å²) < 4.78 is 45.1. The maximum absolute atomic E-state index is 13.3. The molecule has 0 atom stereocenters. The van der Waals surface area contributed by atoms with Crippen LogP contribution in [0.4, 0.5) is 18.2 Å². The van der Waals surface area contributed by atoms with Gasteiger partial charge in [-0.05, 0) is 44.0 Å². The normalized spacial score (nSPS) is 11.3. The van der Waals surface area contributed by atoms with Gasteiger partial charge in [-0.2, -0.15) is 13.2 Å². The first-order valence-corrected chi connectivity index (χ1v) is 10.3. The Labute approximate surface area is 181 Å². The van der Waals surface area contributed by atoms with Gasteiger partial charge < -0.3 is 10.1 Å². The lowest BCUT2D eigenvalue weighted by molar-refractivity contribution is -0.137. The van der Waals surface area contributed by atoms with Crippen molar-refractivity contribution in [3.63, 3.8) is 0 Å². The summed E-state index contributed by atoms with van der Waals surface area (Å²) in [5.41, 5.74) is 1.86. The van der Waals surface area contributed by atoms with Gasteiger partial charge in [0.25, 0.3) is 5.91 Å². The number of aryl methyl sites for hydroxylation is 2. The fourth-order valence-electron chi connectivity index (χ4n) is 3.27. The minimum Gasteiger partial charge on any atom is -0.462 e. The van der Waals surface area contributed by atoms with Crippen LogP contribution < -0.4 is 5.32 Å². The number of hydrogen-bond donors (Lipinski definition) is 1. The number of benzene rings is 2. The molecular weight excluding hydrogens is 427 g/mol. The largest absolute Gasteiger partial charge is 0.462 e. The minimum atomic E-state index is -4.68. The van der Waals surface area contributed by atoms with Gasteiger partial charge in [-0.3, -0.25) is 4.79 Å². The van der Waals surface area contributed by atoms with E-state index in [1.807, 2.05) is 32.0 Å². The molecule has 0 radical (unpaired) electrons. The SMILES string of the molecule is CCOC(=O)c1c(-c2ccc(C)cc2C)csc1NC(=O)c1ccccc1C(F)(F)F. The quantitative estimate of drug-likeness (QED) is 0.456. The van der Waals surface area contributed by atoms with E-state index in [-0.39, 0.29) is 17.2 Å². The summed E-state index contributed by atoms with van der Waals surface area (Å²) in [5.74, 6) is -1.61. The lowest BCUT2D eigenvalue weighted by Crippen LogP contribution is -2.19. The van der Waals surface area contributed by atoms with Gasteiger partial charge in [-0.15, -0.1) is 11.3 Å². The van der Waals surface area contributed by atoms with Crippen molar-refractivity contribution in [3.05, 3.63) is 75.7 Å². The minimum absolute atomic E-state index is 0.116. The van der Waals surface area contributed by atoms with Gasteiger partial charge in [0.1, 0.15) is 10.6 Å². The molecule has 0 aliphatic heterocycles. The molecule has 0 fully saturated rings. The monoisotopic (exact) mass is 447 g/mol. The highest BCUT2D eigenvalue weighted by atomic mass is 32.1. The van der Waals surface area contributed by atoms with Crippen LogP contribution in [0.3, 0.4) is 0 Å². The van der Waals surface area contributed by atoms with E-state index < -0.39 is 29.2 Å². The van der Waals surface area contributed by atoms with Crippen molar-refractivity contribution in [1.29, 1.82) is 0 Å². The Morgan fingerprint density at radius 2 is 1.77 bits per heavy atom. The highest BCUT2D eigenvalue weighted by molar-refractivity contribution is 7.15. The van der Waals surface area contributed by atoms with E-state index >= 15 is 0 Å². The second-order valence-corrected chi connectivity index (χ2v) is 7.77. The number of amides is 1. The number of nitrogens with one attached hydrogen (secondary N) is 1. The Morgan fingerprint density at radius 1 is 1.06 bits per heavy atom. The van der Waals surface area contributed by atoms with Crippen molar-refractivity contribution >= 4 is 28.2 Å². The first-order valence-electron chi connectivity index (χ1n) is 9.47. The Bertz CT molecular complexity index is 1140. The van der Waals surface area contributed by atoms with E-state index in [4.69, 9.17) is 4.74 Å². The van der Waals surface area contributed by atoms with Gasteiger partial charge in [0.15, 0.2) is 0 Å². The summed E-state index contributed by atoms with van der Waals surface area (Å²) in [4.78, 5) is 25.4. The number of ether oxygens (including phenoxy) is 1. The van der Waals surface area contributed by atoms with E-state index in [0.29, 0.717) is 5.56 Å². The third-order valence-corrected chi connectivity index (χ3v) is 5.54. The van der Waals surface area contributed by atoms with Crippen molar-refractivity contribution in [2.45, 2.75) is 26.9 Å². The number of carbonyl (C=O) groups is 2. The highest BCUT2D eigenvalue weighted by Crippen LogP contribution is 2.39. The van der Waals surface area contributed by atoms with Crippen molar-refractivity contribution in [2.75, 3.05) is 11.9 Å². The summed E-state index contributed by atoms with van der Waals surface area (Å²) in [5, 5.41) is 4.30. The smallest absolute Gasteiger partial charge is 0.417 e. The van der Waals surface area contributed by atoms with Crippen molar-refractivity contribution < 1.29 is 27.5 Å². The van der Waals surface area contributed by atoms with E-state index in [1.54, 1.807) is 12.3 Å². The van der Waals surface area contributed by atoms with Gasteiger partial charge in [0.05, 0.1) is 17.7 Å². The van der Waals surface area contributed by atoms with Gasteiger partial charge in [-0.1, -0.05) is 35.9 Å². The van der Waals surface area contributed by atoms with E-state index in [0.717, 1.165) is 40.2 Å². The Kier molecular flexibility index (Phi) is 6.50. The molecular formula is C23H20F3NO3S. The Morgan fingerprint density at radius 3 is 2.42 bits per heavy atom. The second kappa shape index (κ2) is 8.93. The van der Waals surface area contributed by atoms with Crippen molar-refractivity contribution in [1.82, 2.24) is 0 Å². The molecule has 8 heteroatoms. The summed E-state index contributed by atoms with van der Waals surface area (Å²) in [6.07, 6.45) is -4.68. The fourth-order valence-corrected chi connectivity index (χ4v) is 4.21. The molecule has 0 saturated carbocycles. The standard InChI is InChI=1S/C23H20F3NO3S/c1-4-30-22(29)19-17(15-10-9-13(2)11-14(15)3)12-31-21(19)27-20(28)16-7-5-6-8-18(16)23(24,25)26/h5-12H,4H2,1-3H3,(H,27,28). The van der Waals surface area contributed by atoms with Crippen molar-refractivity contribution in [3.8, 4) is 11.1 Å². The van der Waals surface area contributed by atoms with Crippen LogP contribution in [0.2, 0.25) is 0 Å². The molecule has 0 saturated heterocycles. The molecule has 4 nitrogen and oxygen atoms in total. The number of hydrogen-bond acceptors (Lipinski definition) is 4. The Balaban J connectivity index is 2.06. The molecule has 0 spiro atoms.